The number of halogens is 1. The van der Waals surface area contributed by atoms with Crippen LogP contribution >= 0.6 is 15.9 Å². The Kier molecular flexibility index (Phi) is 3.37. The van der Waals surface area contributed by atoms with Crippen LogP contribution in [0.5, 0.6) is 0 Å². The van der Waals surface area contributed by atoms with Crippen LogP contribution in [0, 0.1) is 0 Å². The largest absolute Gasteiger partial charge is 0.353 e. The van der Waals surface area contributed by atoms with Crippen LogP contribution in [0.3, 0.4) is 0 Å². The molecule has 2 heterocycles. The van der Waals surface area contributed by atoms with Crippen LogP contribution in [0.1, 0.15) is 11.6 Å². The van der Waals surface area contributed by atoms with E-state index in [1.54, 1.807) is 0 Å². The summed E-state index contributed by atoms with van der Waals surface area (Å²) in [5.41, 5.74) is 1.07. The number of hydrogen-bond acceptors (Lipinski definition) is 3. The molecule has 0 spiro atoms. The van der Waals surface area contributed by atoms with Gasteiger partial charge in [-0.2, -0.15) is 0 Å². The van der Waals surface area contributed by atoms with Crippen molar-refractivity contribution in [2.75, 3.05) is 26.2 Å². The molecule has 0 aliphatic carbocycles. The molecule has 1 aromatic carbocycles. The molecule has 2 fully saturated rings. The van der Waals surface area contributed by atoms with Crippen molar-refractivity contribution in [1.82, 2.24) is 15.5 Å². The van der Waals surface area contributed by atoms with Crippen molar-refractivity contribution in [3.63, 3.8) is 0 Å². The van der Waals surface area contributed by atoms with E-state index in [2.05, 4.69) is 31.5 Å². The first-order valence-corrected chi connectivity index (χ1v) is 7.04. The van der Waals surface area contributed by atoms with Gasteiger partial charge in [-0.15, -0.1) is 0 Å². The number of piperazine rings is 2. The molecule has 2 saturated heterocycles. The molecule has 2 aliphatic rings. The van der Waals surface area contributed by atoms with Crippen LogP contribution < -0.4 is 10.6 Å². The zero-order valence-corrected chi connectivity index (χ0v) is 11.6. The van der Waals surface area contributed by atoms with Crippen LogP contribution in [0.15, 0.2) is 28.7 Å². The average molecular weight is 310 g/mol. The molecule has 1 aromatic rings. The van der Waals surface area contributed by atoms with Gasteiger partial charge in [0, 0.05) is 36.7 Å². The SMILES string of the molecule is O=C1NCC2CNCCN2C1c1ccc(Br)cc1. The van der Waals surface area contributed by atoms with E-state index >= 15 is 0 Å². The monoisotopic (exact) mass is 309 g/mol. The maximum absolute atomic E-state index is 12.1. The molecule has 0 radical (unpaired) electrons. The van der Waals surface area contributed by atoms with Crippen LogP contribution in [0.25, 0.3) is 0 Å². The van der Waals surface area contributed by atoms with Crippen molar-refractivity contribution in [3.05, 3.63) is 34.3 Å². The van der Waals surface area contributed by atoms with E-state index < -0.39 is 0 Å². The van der Waals surface area contributed by atoms with E-state index in [1.165, 1.54) is 0 Å². The summed E-state index contributed by atoms with van der Waals surface area (Å²) in [5.74, 6) is 0.121. The van der Waals surface area contributed by atoms with Gasteiger partial charge in [0.2, 0.25) is 5.91 Å². The van der Waals surface area contributed by atoms with E-state index in [1.807, 2.05) is 24.3 Å². The molecule has 4 nitrogen and oxygen atoms in total. The molecular formula is C13H16BrN3O. The second kappa shape index (κ2) is 4.99. The zero-order valence-electron chi connectivity index (χ0n) is 10.0. The highest BCUT2D eigenvalue weighted by Gasteiger charge is 2.38. The summed E-state index contributed by atoms with van der Waals surface area (Å²) in [6.45, 7) is 3.59. The number of nitrogens with one attached hydrogen (secondary N) is 2. The van der Waals surface area contributed by atoms with Crippen LogP contribution in [0.4, 0.5) is 0 Å². The Balaban J connectivity index is 1.91. The summed E-state index contributed by atoms with van der Waals surface area (Å²) in [7, 11) is 0. The van der Waals surface area contributed by atoms with Gasteiger partial charge in [0.05, 0.1) is 0 Å². The summed E-state index contributed by atoms with van der Waals surface area (Å²) in [6, 6.07) is 8.31. The lowest BCUT2D eigenvalue weighted by Crippen LogP contribution is -2.63. The zero-order chi connectivity index (χ0) is 12.5. The van der Waals surface area contributed by atoms with Gasteiger partial charge in [0.1, 0.15) is 6.04 Å². The van der Waals surface area contributed by atoms with E-state index in [0.29, 0.717) is 6.04 Å². The maximum atomic E-state index is 12.1. The third-order valence-electron chi connectivity index (χ3n) is 3.67. The Hall–Kier alpha value is -0.910. The van der Waals surface area contributed by atoms with Crippen LogP contribution in [0.2, 0.25) is 0 Å². The third kappa shape index (κ3) is 2.18. The van der Waals surface area contributed by atoms with Gasteiger partial charge in [-0.25, -0.2) is 0 Å². The minimum absolute atomic E-state index is 0.121. The number of amides is 1. The number of hydrogen-bond donors (Lipinski definition) is 2. The molecule has 0 bridgehead atoms. The highest BCUT2D eigenvalue weighted by molar-refractivity contribution is 9.10. The molecule has 2 unspecified atom stereocenters. The molecule has 2 atom stereocenters. The minimum atomic E-state index is -0.140. The molecular weight excluding hydrogens is 294 g/mol. The minimum Gasteiger partial charge on any atom is -0.353 e. The Morgan fingerprint density at radius 2 is 2.00 bits per heavy atom. The molecule has 96 valence electrons. The standard InChI is InChI=1S/C13H16BrN3O/c14-10-3-1-9(2-4-10)12-13(18)16-8-11-7-15-5-6-17(11)12/h1-4,11-12,15H,5-8H2,(H,16,18). The van der Waals surface area contributed by atoms with Gasteiger partial charge in [-0.3, -0.25) is 9.69 Å². The molecule has 1 amide bonds. The lowest BCUT2D eigenvalue weighted by molar-refractivity contribution is -0.132. The Morgan fingerprint density at radius 1 is 1.22 bits per heavy atom. The normalized spacial score (nSPS) is 28.6. The maximum Gasteiger partial charge on any atom is 0.242 e. The van der Waals surface area contributed by atoms with Crippen molar-refractivity contribution < 1.29 is 4.79 Å². The van der Waals surface area contributed by atoms with Crippen LogP contribution in [-0.4, -0.2) is 43.0 Å². The number of fused-ring (bicyclic) bond motifs is 1. The smallest absolute Gasteiger partial charge is 0.242 e. The molecule has 0 saturated carbocycles. The Labute approximate surface area is 115 Å². The quantitative estimate of drug-likeness (QED) is 0.810. The first kappa shape index (κ1) is 12.1. The number of benzene rings is 1. The van der Waals surface area contributed by atoms with Gasteiger partial charge in [0.25, 0.3) is 0 Å². The van der Waals surface area contributed by atoms with Gasteiger partial charge < -0.3 is 10.6 Å². The fraction of sp³-hybridized carbons (Fsp3) is 0.462. The predicted octanol–water partition coefficient (Wildman–Crippen LogP) is 0.894. The molecule has 2 aliphatic heterocycles. The average Bonchev–Trinajstić information content (AvgIpc) is 2.40. The molecule has 18 heavy (non-hydrogen) atoms. The number of rotatable bonds is 1. The van der Waals surface area contributed by atoms with E-state index in [4.69, 9.17) is 0 Å². The molecule has 5 heteroatoms. The summed E-state index contributed by atoms with van der Waals surface area (Å²) in [4.78, 5) is 14.5. The van der Waals surface area contributed by atoms with Gasteiger partial charge in [-0.1, -0.05) is 28.1 Å². The molecule has 0 aromatic heterocycles. The number of carbonyl (C=O) groups excluding carboxylic acids is 1. The van der Waals surface area contributed by atoms with Gasteiger partial charge in [0.15, 0.2) is 0 Å². The topological polar surface area (TPSA) is 44.4 Å². The van der Waals surface area contributed by atoms with Crippen molar-refractivity contribution in [3.8, 4) is 0 Å². The van der Waals surface area contributed by atoms with Crippen LogP contribution in [-0.2, 0) is 4.79 Å². The fourth-order valence-corrected chi connectivity index (χ4v) is 3.02. The van der Waals surface area contributed by atoms with Gasteiger partial charge in [-0.05, 0) is 17.7 Å². The Morgan fingerprint density at radius 3 is 2.78 bits per heavy atom. The fourth-order valence-electron chi connectivity index (χ4n) is 2.76. The summed E-state index contributed by atoms with van der Waals surface area (Å²) >= 11 is 3.43. The summed E-state index contributed by atoms with van der Waals surface area (Å²) in [6.07, 6.45) is 0. The Bertz CT molecular complexity index is 448. The first-order chi connectivity index (χ1) is 8.75. The number of nitrogens with zero attached hydrogens (tertiary/aromatic N) is 1. The van der Waals surface area contributed by atoms with E-state index in [-0.39, 0.29) is 11.9 Å². The van der Waals surface area contributed by atoms with Crippen molar-refractivity contribution in [2.45, 2.75) is 12.1 Å². The van der Waals surface area contributed by atoms with Gasteiger partial charge >= 0.3 is 0 Å². The van der Waals surface area contributed by atoms with Crippen molar-refractivity contribution >= 4 is 21.8 Å². The summed E-state index contributed by atoms with van der Waals surface area (Å²) < 4.78 is 1.04. The van der Waals surface area contributed by atoms with E-state index in [0.717, 1.165) is 36.2 Å². The molecule has 3 rings (SSSR count). The predicted molar refractivity (Wildman–Crippen MR) is 73.3 cm³/mol. The van der Waals surface area contributed by atoms with Crippen molar-refractivity contribution in [1.29, 1.82) is 0 Å². The second-order valence-electron chi connectivity index (χ2n) is 4.80. The second-order valence-corrected chi connectivity index (χ2v) is 5.71. The summed E-state index contributed by atoms with van der Waals surface area (Å²) in [5, 5.41) is 6.39. The lowest BCUT2D eigenvalue weighted by Gasteiger charge is -2.44. The first-order valence-electron chi connectivity index (χ1n) is 6.25. The lowest BCUT2D eigenvalue weighted by atomic mass is 9.98. The van der Waals surface area contributed by atoms with Crippen molar-refractivity contribution in [2.24, 2.45) is 0 Å². The van der Waals surface area contributed by atoms with E-state index in [9.17, 15) is 4.79 Å². The highest BCUT2D eigenvalue weighted by Crippen LogP contribution is 2.27. The number of carbonyl (C=O) groups is 1. The third-order valence-corrected chi connectivity index (χ3v) is 4.20. The highest BCUT2D eigenvalue weighted by atomic mass is 79.9. The molecule has 2 N–H and O–H groups in total.